The van der Waals surface area contributed by atoms with Crippen molar-refractivity contribution in [2.24, 2.45) is 5.10 Å². The smallest absolute Gasteiger partial charge is 0.216 e. The van der Waals surface area contributed by atoms with E-state index in [1.54, 1.807) is 30.1 Å². The quantitative estimate of drug-likeness (QED) is 0.497. The van der Waals surface area contributed by atoms with Gasteiger partial charge >= 0.3 is 0 Å². The number of benzene rings is 2. The largest absolute Gasteiger partial charge is 0.493 e. The maximum Gasteiger partial charge on any atom is 0.216 e. The first-order chi connectivity index (χ1) is 12.6. The van der Waals surface area contributed by atoms with Gasteiger partial charge in [0, 0.05) is 10.6 Å². The number of aromatic nitrogens is 3. The summed E-state index contributed by atoms with van der Waals surface area (Å²) in [5.74, 6) is 1.93. The van der Waals surface area contributed by atoms with Crippen molar-refractivity contribution >= 4 is 30.0 Å². The van der Waals surface area contributed by atoms with E-state index in [9.17, 15) is 0 Å². The summed E-state index contributed by atoms with van der Waals surface area (Å²) < 4.78 is 12.8. The zero-order valence-corrected chi connectivity index (χ0v) is 15.8. The van der Waals surface area contributed by atoms with Crippen LogP contribution in [0.1, 0.15) is 12.5 Å². The van der Waals surface area contributed by atoms with Gasteiger partial charge in [0.1, 0.15) is 0 Å². The molecule has 0 fully saturated rings. The molecule has 0 aliphatic heterocycles. The van der Waals surface area contributed by atoms with Crippen molar-refractivity contribution in [3.05, 3.63) is 57.8 Å². The van der Waals surface area contributed by atoms with Crippen LogP contribution in [-0.4, -0.2) is 34.8 Å². The Kier molecular flexibility index (Phi) is 5.70. The molecule has 134 valence electrons. The molecule has 0 bridgehead atoms. The zero-order valence-electron chi connectivity index (χ0n) is 14.3. The Morgan fingerprint density at radius 1 is 1.23 bits per heavy atom. The average Bonchev–Trinajstić information content (AvgIpc) is 3.02. The van der Waals surface area contributed by atoms with Crippen molar-refractivity contribution in [1.82, 2.24) is 14.9 Å². The minimum Gasteiger partial charge on any atom is -0.493 e. The molecule has 0 amide bonds. The van der Waals surface area contributed by atoms with Crippen molar-refractivity contribution < 1.29 is 9.47 Å². The van der Waals surface area contributed by atoms with Crippen LogP contribution in [0.2, 0.25) is 5.02 Å². The van der Waals surface area contributed by atoms with Crippen molar-refractivity contribution in [3.63, 3.8) is 0 Å². The predicted molar refractivity (Wildman–Crippen MR) is 105 cm³/mol. The molecule has 0 radical (unpaired) electrons. The number of hydrogen-bond acceptors (Lipinski definition) is 5. The van der Waals surface area contributed by atoms with E-state index in [4.69, 9.17) is 33.3 Å². The third kappa shape index (κ3) is 3.95. The van der Waals surface area contributed by atoms with E-state index in [-0.39, 0.29) is 0 Å². The Labute approximate surface area is 161 Å². The molecular formula is C18H17ClN4O2S. The van der Waals surface area contributed by atoms with E-state index < -0.39 is 0 Å². The van der Waals surface area contributed by atoms with Crippen LogP contribution in [0.3, 0.4) is 0 Å². The molecule has 1 N–H and O–H groups in total. The van der Waals surface area contributed by atoms with E-state index in [1.165, 1.54) is 0 Å². The lowest BCUT2D eigenvalue weighted by atomic mass is 10.2. The standard InChI is InChI=1S/C18H17ClN4O2S/c1-3-25-15-9-4-12(10-16(15)24-2)11-20-23-17(21-22-18(23)26)13-5-7-14(19)8-6-13/h4-11H,3H2,1-2H3,(H,22,26). The first-order valence-corrected chi connectivity index (χ1v) is 8.69. The van der Waals surface area contributed by atoms with Gasteiger partial charge in [0.05, 0.1) is 19.9 Å². The fraction of sp³-hybridized carbons (Fsp3) is 0.167. The summed E-state index contributed by atoms with van der Waals surface area (Å²) in [6, 6.07) is 12.9. The molecular weight excluding hydrogens is 372 g/mol. The Morgan fingerprint density at radius 3 is 2.69 bits per heavy atom. The fourth-order valence-corrected chi connectivity index (χ4v) is 2.65. The summed E-state index contributed by atoms with van der Waals surface area (Å²) in [6.45, 7) is 2.49. The number of nitrogens with one attached hydrogen (secondary N) is 1. The highest BCUT2D eigenvalue weighted by Gasteiger charge is 2.08. The van der Waals surface area contributed by atoms with Crippen LogP contribution in [0.15, 0.2) is 47.6 Å². The fourth-order valence-electron chi connectivity index (χ4n) is 2.35. The van der Waals surface area contributed by atoms with E-state index in [0.717, 1.165) is 11.1 Å². The second-order valence-electron chi connectivity index (χ2n) is 5.26. The Bertz CT molecular complexity index is 980. The van der Waals surface area contributed by atoms with Crippen molar-refractivity contribution in [1.29, 1.82) is 0 Å². The molecule has 0 aliphatic rings. The van der Waals surface area contributed by atoms with Crippen LogP contribution in [0.25, 0.3) is 11.4 Å². The highest BCUT2D eigenvalue weighted by molar-refractivity contribution is 7.71. The normalized spacial score (nSPS) is 11.0. The summed E-state index contributed by atoms with van der Waals surface area (Å²) >= 11 is 11.2. The van der Waals surface area contributed by atoms with Crippen molar-refractivity contribution in [2.45, 2.75) is 6.92 Å². The van der Waals surface area contributed by atoms with E-state index >= 15 is 0 Å². The lowest BCUT2D eigenvalue weighted by Gasteiger charge is -2.09. The minimum atomic E-state index is 0.393. The van der Waals surface area contributed by atoms with E-state index in [0.29, 0.717) is 33.7 Å². The number of methoxy groups -OCH3 is 1. The van der Waals surface area contributed by atoms with Gasteiger partial charge in [0.15, 0.2) is 17.3 Å². The van der Waals surface area contributed by atoms with Gasteiger partial charge in [-0.3, -0.25) is 0 Å². The van der Waals surface area contributed by atoms with Gasteiger partial charge < -0.3 is 9.47 Å². The number of H-pyrrole nitrogens is 1. The number of halogens is 1. The monoisotopic (exact) mass is 388 g/mol. The summed E-state index contributed by atoms with van der Waals surface area (Å²) in [7, 11) is 1.60. The number of ether oxygens (including phenoxy) is 2. The van der Waals surface area contributed by atoms with Gasteiger partial charge in [-0.15, -0.1) is 0 Å². The van der Waals surface area contributed by atoms with E-state index in [1.807, 2.05) is 37.3 Å². The molecule has 0 atom stereocenters. The Hall–Kier alpha value is -2.64. The van der Waals surface area contributed by atoms with Gasteiger partial charge in [-0.2, -0.15) is 14.9 Å². The molecule has 3 aromatic rings. The van der Waals surface area contributed by atoms with Crippen molar-refractivity contribution in [3.8, 4) is 22.9 Å². The molecule has 26 heavy (non-hydrogen) atoms. The summed E-state index contributed by atoms with van der Waals surface area (Å²) in [4.78, 5) is 0. The van der Waals surface area contributed by atoms with Crippen LogP contribution in [0.4, 0.5) is 0 Å². The lowest BCUT2D eigenvalue weighted by Crippen LogP contribution is -1.97. The zero-order chi connectivity index (χ0) is 18.5. The number of aromatic amines is 1. The molecule has 8 heteroatoms. The SMILES string of the molecule is CCOc1ccc(C=Nn2c(-c3ccc(Cl)cc3)n[nH]c2=S)cc1OC. The molecule has 1 heterocycles. The Balaban J connectivity index is 1.93. The van der Waals surface area contributed by atoms with Crippen LogP contribution < -0.4 is 9.47 Å². The first kappa shape index (κ1) is 18.2. The summed E-state index contributed by atoms with van der Waals surface area (Å²) in [6.07, 6.45) is 1.68. The summed E-state index contributed by atoms with van der Waals surface area (Å²) in [5, 5.41) is 12.1. The maximum absolute atomic E-state index is 5.94. The summed E-state index contributed by atoms with van der Waals surface area (Å²) in [5.41, 5.74) is 1.69. The van der Waals surface area contributed by atoms with Crippen LogP contribution in [0.5, 0.6) is 11.5 Å². The highest BCUT2D eigenvalue weighted by atomic mass is 35.5. The highest BCUT2D eigenvalue weighted by Crippen LogP contribution is 2.27. The molecule has 1 aromatic heterocycles. The number of rotatable bonds is 6. The molecule has 6 nitrogen and oxygen atoms in total. The minimum absolute atomic E-state index is 0.393. The third-order valence-corrected chi connectivity index (χ3v) is 4.08. The molecule has 0 saturated carbocycles. The predicted octanol–water partition coefficient (Wildman–Crippen LogP) is 4.55. The maximum atomic E-state index is 5.94. The molecule has 0 spiro atoms. The van der Waals surface area contributed by atoms with Crippen molar-refractivity contribution in [2.75, 3.05) is 13.7 Å². The molecule has 0 unspecified atom stereocenters. The van der Waals surface area contributed by atoms with Gasteiger partial charge in [-0.05, 0) is 67.2 Å². The van der Waals surface area contributed by atoms with Gasteiger partial charge in [-0.1, -0.05) is 11.6 Å². The van der Waals surface area contributed by atoms with Crippen LogP contribution >= 0.6 is 23.8 Å². The average molecular weight is 389 g/mol. The molecule has 3 rings (SSSR count). The van der Waals surface area contributed by atoms with Gasteiger partial charge in [-0.25, -0.2) is 5.10 Å². The lowest BCUT2D eigenvalue weighted by molar-refractivity contribution is 0.311. The van der Waals surface area contributed by atoms with E-state index in [2.05, 4.69) is 15.3 Å². The van der Waals surface area contributed by atoms with Crippen LogP contribution in [-0.2, 0) is 0 Å². The Morgan fingerprint density at radius 2 is 2.00 bits per heavy atom. The molecule has 0 aliphatic carbocycles. The second-order valence-corrected chi connectivity index (χ2v) is 6.08. The first-order valence-electron chi connectivity index (χ1n) is 7.91. The van der Waals surface area contributed by atoms with Gasteiger partial charge in [0.2, 0.25) is 4.77 Å². The number of nitrogens with zero attached hydrogens (tertiary/aromatic N) is 3. The number of hydrogen-bond donors (Lipinski definition) is 1. The van der Waals surface area contributed by atoms with Crippen LogP contribution in [0, 0.1) is 4.77 Å². The molecule has 2 aromatic carbocycles. The third-order valence-electron chi connectivity index (χ3n) is 3.56. The second kappa shape index (κ2) is 8.16. The van der Waals surface area contributed by atoms with Gasteiger partial charge in [0.25, 0.3) is 0 Å². The topological polar surface area (TPSA) is 64.4 Å². The molecule has 0 saturated heterocycles.